The topological polar surface area (TPSA) is 35.5 Å². The molecule has 0 amide bonds. The molecule has 19 heavy (non-hydrogen) atoms. The number of carbonyl (C=O) groups is 1. The fourth-order valence-electron chi connectivity index (χ4n) is 1.90. The molecule has 0 bridgehead atoms. The number of carbonyl (C=O) groups excluding carboxylic acids is 1. The molecular formula is C16H24O3. The molecule has 0 saturated carbocycles. The van der Waals surface area contributed by atoms with Crippen molar-refractivity contribution in [3.05, 3.63) is 35.4 Å². The van der Waals surface area contributed by atoms with Crippen molar-refractivity contribution in [2.24, 2.45) is 5.92 Å². The van der Waals surface area contributed by atoms with E-state index in [1.807, 2.05) is 19.1 Å². The van der Waals surface area contributed by atoms with Gasteiger partial charge in [-0.1, -0.05) is 50.8 Å². The zero-order chi connectivity index (χ0) is 14.1. The predicted molar refractivity (Wildman–Crippen MR) is 75.9 cm³/mol. The molecule has 0 N–H and O–H groups in total. The van der Waals surface area contributed by atoms with E-state index in [1.165, 1.54) is 12.8 Å². The van der Waals surface area contributed by atoms with Crippen molar-refractivity contribution in [2.75, 3.05) is 6.61 Å². The van der Waals surface area contributed by atoms with E-state index in [0.717, 1.165) is 18.4 Å². The lowest BCUT2D eigenvalue weighted by molar-refractivity contribution is -0.249. The summed E-state index contributed by atoms with van der Waals surface area (Å²) < 4.78 is 0. The van der Waals surface area contributed by atoms with Gasteiger partial charge in [0, 0.05) is 0 Å². The number of hydrogen-bond acceptors (Lipinski definition) is 3. The van der Waals surface area contributed by atoms with Crippen LogP contribution in [0.25, 0.3) is 0 Å². The lowest BCUT2D eigenvalue weighted by Crippen LogP contribution is -2.13. The number of rotatable bonds is 8. The molecule has 0 aromatic heterocycles. The van der Waals surface area contributed by atoms with E-state index >= 15 is 0 Å². The highest BCUT2D eigenvalue weighted by atomic mass is 17.2. The third-order valence-electron chi connectivity index (χ3n) is 3.24. The summed E-state index contributed by atoms with van der Waals surface area (Å²) >= 11 is 0. The maximum Gasteiger partial charge on any atom is 0.373 e. The van der Waals surface area contributed by atoms with Gasteiger partial charge in [-0.2, -0.15) is 4.89 Å². The zero-order valence-electron chi connectivity index (χ0n) is 12.1. The highest BCUT2D eigenvalue weighted by molar-refractivity contribution is 5.89. The van der Waals surface area contributed by atoms with Gasteiger partial charge in [-0.15, -0.1) is 0 Å². The molecule has 1 rings (SSSR count). The van der Waals surface area contributed by atoms with Crippen molar-refractivity contribution in [1.29, 1.82) is 0 Å². The van der Waals surface area contributed by atoms with Gasteiger partial charge in [0.05, 0.1) is 12.2 Å². The fraction of sp³-hybridized carbons (Fsp3) is 0.562. The van der Waals surface area contributed by atoms with Crippen LogP contribution in [0.1, 0.15) is 55.5 Å². The average Bonchev–Trinajstić information content (AvgIpc) is 2.42. The zero-order valence-corrected chi connectivity index (χ0v) is 12.1. The van der Waals surface area contributed by atoms with E-state index in [4.69, 9.17) is 9.78 Å². The van der Waals surface area contributed by atoms with Crippen molar-refractivity contribution in [1.82, 2.24) is 0 Å². The summed E-state index contributed by atoms with van der Waals surface area (Å²) in [5.74, 6) is 0.0410. The summed E-state index contributed by atoms with van der Waals surface area (Å²) in [4.78, 5) is 21.7. The van der Waals surface area contributed by atoms with Crippen LogP contribution in [-0.4, -0.2) is 12.6 Å². The molecule has 0 aliphatic rings. The van der Waals surface area contributed by atoms with Crippen LogP contribution in [0, 0.1) is 12.8 Å². The minimum atomic E-state index is -0.422. The average molecular weight is 264 g/mol. The van der Waals surface area contributed by atoms with Crippen molar-refractivity contribution in [3.8, 4) is 0 Å². The molecule has 1 aromatic rings. The molecule has 3 nitrogen and oxygen atoms in total. The Kier molecular flexibility index (Phi) is 7.19. The van der Waals surface area contributed by atoms with Crippen molar-refractivity contribution < 1.29 is 14.6 Å². The monoisotopic (exact) mass is 264 g/mol. The fourth-order valence-corrected chi connectivity index (χ4v) is 1.90. The van der Waals surface area contributed by atoms with Crippen LogP contribution in [0.2, 0.25) is 0 Å². The Morgan fingerprint density at radius 3 is 2.74 bits per heavy atom. The van der Waals surface area contributed by atoms with Gasteiger partial charge >= 0.3 is 5.97 Å². The molecule has 0 aliphatic carbocycles. The second kappa shape index (κ2) is 8.70. The molecule has 1 aromatic carbocycles. The van der Waals surface area contributed by atoms with E-state index in [0.29, 0.717) is 18.1 Å². The van der Waals surface area contributed by atoms with E-state index in [9.17, 15) is 4.79 Å². The molecule has 1 unspecified atom stereocenters. The highest BCUT2D eigenvalue weighted by Gasteiger charge is 2.11. The molecule has 0 fully saturated rings. The molecule has 106 valence electrons. The van der Waals surface area contributed by atoms with Crippen LogP contribution in [-0.2, 0) is 9.78 Å². The third-order valence-corrected chi connectivity index (χ3v) is 3.24. The van der Waals surface area contributed by atoms with Gasteiger partial charge in [-0.3, -0.25) is 4.89 Å². The number of hydrogen-bond donors (Lipinski definition) is 0. The Bertz CT molecular complexity index is 387. The summed E-state index contributed by atoms with van der Waals surface area (Å²) in [6.07, 6.45) is 4.53. The van der Waals surface area contributed by atoms with Crippen LogP contribution in [0.5, 0.6) is 0 Å². The highest BCUT2D eigenvalue weighted by Crippen LogP contribution is 2.13. The summed E-state index contributed by atoms with van der Waals surface area (Å²) in [5, 5.41) is 0. The van der Waals surface area contributed by atoms with Gasteiger partial charge < -0.3 is 0 Å². The van der Waals surface area contributed by atoms with Gasteiger partial charge in [0.2, 0.25) is 0 Å². The lowest BCUT2D eigenvalue weighted by atomic mass is 10.0. The molecule has 0 heterocycles. The largest absolute Gasteiger partial charge is 0.373 e. The molecule has 3 heteroatoms. The van der Waals surface area contributed by atoms with Crippen LogP contribution in [0.3, 0.4) is 0 Å². The Morgan fingerprint density at radius 1 is 1.32 bits per heavy atom. The second-order valence-corrected chi connectivity index (χ2v) is 4.94. The molecule has 0 saturated heterocycles. The Balaban J connectivity index is 2.34. The number of aryl methyl sites for hydroxylation is 1. The summed E-state index contributed by atoms with van der Waals surface area (Å²) in [6, 6.07) is 7.30. The maximum absolute atomic E-state index is 11.7. The van der Waals surface area contributed by atoms with Crippen molar-refractivity contribution in [3.63, 3.8) is 0 Å². The number of benzene rings is 1. The van der Waals surface area contributed by atoms with E-state index in [2.05, 4.69) is 13.8 Å². The quantitative estimate of drug-likeness (QED) is 0.518. The van der Waals surface area contributed by atoms with E-state index < -0.39 is 5.97 Å². The minimum absolute atomic E-state index is 0.422. The van der Waals surface area contributed by atoms with Gasteiger partial charge in [-0.05, 0) is 31.4 Å². The normalized spacial score (nSPS) is 12.2. The van der Waals surface area contributed by atoms with Crippen molar-refractivity contribution >= 4 is 5.97 Å². The first kappa shape index (κ1) is 15.7. The van der Waals surface area contributed by atoms with Crippen LogP contribution >= 0.6 is 0 Å². The number of unbranched alkanes of at least 4 members (excludes halogenated alkanes) is 1. The molecular weight excluding hydrogens is 240 g/mol. The van der Waals surface area contributed by atoms with Gasteiger partial charge in [0.15, 0.2) is 0 Å². The second-order valence-electron chi connectivity index (χ2n) is 4.94. The van der Waals surface area contributed by atoms with Gasteiger partial charge in [-0.25, -0.2) is 4.79 Å². The smallest absolute Gasteiger partial charge is 0.293 e. The standard InChI is InChI=1S/C16H24O3/c1-4-6-9-14(5-2)12-18-19-16(17)15-10-7-8-13(3)11-15/h7-8,10-11,14H,4-6,9,12H2,1-3H3. The lowest BCUT2D eigenvalue weighted by Gasteiger charge is -2.13. The van der Waals surface area contributed by atoms with Crippen molar-refractivity contribution in [2.45, 2.75) is 46.5 Å². The van der Waals surface area contributed by atoms with E-state index in [1.54, 1.807) is 12.1 Å². The first-order valence-electron chi connectivity index (χ1n) is 7.07. The Hall–Kier alpha value is -1.35. The molecule has 0 radical (unpaired) electrons. The summed E-state index contributed by atoms with van der Waals surface area (Å²) in [6.45, 7) is 6.72. The SMILES string of the molecule is CCCCC(CC)COOC(=O)c1cccc(C)c1. The van der Waals surface area contributed by atoms with Gasteiger partial charge in [0.1, 0.15) is 0 Å². The summed E-state index contributed by atoms with van der Waals surface area (Å²) in [7, 11) is 0. The minimum Gasteiger partial charge on any atom is -0.293 e. The summed E-state index contributed by atoms with van der Waals surface area (Å²) in [5.41, 5.74) is 1.56. The molecule has 1 atom stereocenters. The Labute approximate surface area is 115 Å². The van der Waals surface area contributed by atoms with Crippen LogP contribution in [0.15, 0.2) is 24.3 Å². The van der Waals surface area contributed by atoms with Crippen LogP contribution < -0.4 is 0 Å². The molecule has 0 aliphatic heterocycles. The first-order valence-corrected chi connectivity index (χ1v) is 7.07. The van der Waals surface area contributed by atoms with Crippen LogP contribution in [0.4, 0.5) is 0 Å². The molecule has 0 spiro atoms. The Morgan fingerprint density at radius 2 is 2.11 bits per heavy atom. The first-order chi connectivity index (χ1) is 9.17. The maximum atomic E-state index is 11.7. The van der Waals surface area contributed by atoms with E-state index in [-0.39, 0.29) is 0 Å². The van der Waals surface area contributed by atoms with Gasteiger partial charge in [0.25, 0.3) is 0 Å². The third kappa shape index (κ3) is 5.88. The predicted octanol–water partition coefficient (Wildman–Crippen LogP) is 4.30.